The number of hydrogen-bond donors (Lipinski definition) is 1. The number of carbonyl (C=O) groups excluding carboxylic acids is 1. The van der Waals surface area contributed by atoms with Crippen molar-refractivity contribution in [1.29, 1.82) is 0 Å². The van der Waals surface area contributed by atoms with Gasteiger partial charge >= 0.3 is 0 Å². The van der Waals surface area contributed by atoms with Crippen molar-refractivity contribution in [2.75, 3.05) is 19.0 Å². The van der Waals surface area contributed by atoms with E-state index in [2.05, 4.69) is 17.2 Å². The second-order valence-corrected chi connectivity index (χ2v) is 4.82. The quantitative estimate of drug-likeness (QED) is 0.840. The normalized spacial score (nSPS) is 12.0. The zero-order valence-corrected chi connectivity index (χ0v) is 11.7. The number of pyridine rings is 1. The van der Waals surface area contributed by atoms with Crippen LogP contribution < -0.4 is 10.2 Å². The van der Waals surface area contributed by atoms with E-state index in [1.807, 2.05) is 38.1 Å². The maximum absolute atomic E-state index is 11.8. The van der Waals surface area contributed by atoms with Crippen LogP contribution in [-0.2, 0) is 11.3 Å². The van der Waals surface area contributed by atoms with Crippen LogP contribution in [0.25, 0.3) is 0 Å². The molecule has 0 aliphatic heterocycles. The Bertz CT molecular complexity index is 390. The summed E-state index contributed by atoms with van der Waals surface area (Å²) in [4.78, 5) is 18.0. The molecule has 0 fully saturated rings. The number of carbonyl (C=O) groups is 1. The highest BCUT2D eigenvalue weighted by molar-refractivity contribution is 5.78. The predicted molar refractivity (Wildman–Crippen MR) is 74.5 cm³/mol. The van der Waals surface area contributed by atoms with E-state index >= 15 is 0 Å². The summed E-state index contributed by atoms with van der Waals surface area (Å²) in [5.41, 5.74) is 1.07. The van der Waals surface area contributed by atoms with E-state index < -0.39 is 0 Å². The minimum atomic E-state index is 0.0881. The summed E-state index contributed by atoms with van der Waals surface area (Å²) in [6.45, 7) is 4.63. The zero-order valence-electron chi connectivity index (χ0n) is 11.7. The Labute approximate surface area is 109 Å². The average Bonchev–Trinajstić information content (AvgIpc) is 2.36. The molecule has 0 saturated heterocycles. The van der Waals surface area contributed by atoms with Gasteiger partial charge in [-0.15, -0.1) is 0 Å². The fourth-order valence-corrected chi connectivity index (χ4v) is 1.74. The molecule has 4 nitrogen and oxygen atoms in total. The van der Waals surface area contributed by atoms with Crippen molar-refractivity contribution >= 4 is 11.7 Å². The first-order valence-corrected chi connectivity index (χ1v) is 6.44. The van der Waals surface area contributed by atoms with Gasteiger partial charge in [0, 0.05) is 32.8 Å². The summed E-state index contributed by atoms with van der Waals surface area (Å²) < 4.78 is 0. The Morgan fingerprint density at radius 3 is 2.83 bits per heavy atom. The van der Waals surface area contributed by atoms with Gasteiger partial charge in [-0.1, -0.05) is 20.3 Å². The molecule has 0 bridgehead atoms. The van der Waals surface area contributed by atoms with Gasteiger partial charge in [-0.05, 0) is 24.1 Å². The molecule has 4 heteroatoms. The van der Waals surface area contributed by atoms with E-state index in [9.17, 15) is 4.79 Å². The molecule has 1 aromatic heterocycles. The van der Waals surface area contributed by atoms with Crippen LogP contribution in [-0.4, -0.2) is 25.0 Å². The van der Waals surface area contributed by atoms with Crippen molar-refractivity contribution in [3.05, 3.63) is 23.9 Å². The van der Waals surface area contributed by atoms with Crippen molar-refractivity contribution in [2.24, 2.45) is 5.92 Å². The first-order valence-electron chi connectivity index (χ1n) is 6.44. The third kappa shape index (κ3) is 4.35. The van der Waals surface area contributed by atoms with Crippen molar-refractivity contribution < 1.29 is 4.79 Å². The summed E-state index contributed by atoms with van der Waals surface area (Å²) >= 11 is 0. The molecule has 0 aliphatic rings. The van der Waals surface area contributed by atoms with Crippen LogP contribution in [0.4, 0.5) is 5.82 Å². The molecule has 1 rings (SSSR count). The maximum atomic E-state index is 11.8. The van der Waals surface area contributed by atoms with Gasteiger partial charge in [0.2, 0.25) is 5.91 Å². The molecule has 0 unspecified atom stereocenters. The molecule has 1 amide bonds. The lowest BCUT2D eigenvalue weighted by molar-refractivity contribution is -0.124. The zero-order chi connectivity index (χ0) is 13.5. The van der Waals surface area contributed by atoms with Gasteiger partial charge < -0.3 is 10.2 Å². The third-order valence-electron chi connectivity index (χ3n) is 2.90. The van der Waals surface area contributed by atoms with Gasteiger partial charge in [0.1, 0.15) is 5.82 Å². The summed E-state index contributed by atoms with van der Waals surface area (Å²) in [5.74, 6) is 1.12. The van der Waals surface area contributed by atoms with Crippen LogP contribution in [0.1, 0.15) is 32.3 Å². The lowest BCUT2D eigenvalue weighted by Crippen LogP contribution is -2.28. The van der Waals surface area contributed by atoms with E-state index in [0.717, 1.165) is 24.2 Å². The van der Waals surface area contributed by atoms with Gasteiger partial charge in [-0.2, -0.15) is 0 Å². The molecule has 0 aliphatic carbocycles. The van der Waals surface area contributed by atoms with E-state index in [0.29, 0.717) is 6.54 Å². The average molecular weight is 249 g/mol. The molecular formula is C14H23N3O. The van der Waals surface area contributed by atoms with Crippen molar-refractivity contribution in [2.45, 2.75) is 33.2 Å². The summed E-state index contributed by atoms with van der Waals surface area (Å²) in [5, 5.41) is 2.96. The van der Waals surface area contributed by atoms with E-state index in [-0.39, 0.29) is 11.8 Å². The number of aromatic nitrogens is 1. The Kier molecular flexibility index (Phi) is 5.62. The molecule has 0 radical (unpaired) electrons. The number of rotatable bonds is 6. The van der Waals surface area contributed by atoms with Gasteiger partial charge in [-0.3, -0.25) is 4.79 Å². The number of anilines is 1. The molecule has 1 N–H and O–H groups in total. The first-order chi connectivity index (χ1) is 8.54. The Morgan fingerprint density at radius 1 is 1.50 bits per heavy atom. The molecule has 1 heterocycles. The fraction of sp³-hybridized carbons (Fsp3) is 0.571. The van der Waals surface area contributed by atoms with Crippen LogP contribution >= 0.6 is 0 Å². The van der Waals surface area contributed by atoms with Crippen molar-refractivity contribution in [3.8, 4) is 0 Å². The van der Waals surface area contributed by atoms with Crippen molar-refractivity contribution in [1.82, 2.24) is 10.3 Å². The SMILES string of the molecule is CCC[C@@H](C)C(=O)NCc1ccnc(N(C)C)c1. The number of nitrogens with one attached hydrogen (secondary N) is 1. The second kappa shape index (κ2) is 6.99. The van der Waals surface area contributed by atoms with Crippen LogP contribution in [0.3, 0.4) is 0 Å². The smallest absolute Gasteiger partial charge is 0.223 e. The Hall–Kier alpha value is -1.58. The predicted octanol–water partition coefficient (Wildman–Crippen LogP) is 2.20. The minimum absolute atomic E-state index is 0.0881. The van der Waals surface area contributed by atoms with Gasteiger partial charge in [-0.25, -0.2) is 4.98 Å². The molecule has 0 spiro atoms. The lowest BCUT2D eigenvalue weighted by Gasteiger charge is -2.14. The largest absolute Gasteiger partial charge is 0.363 e. The van der Waals surface area contributed by atoms with Crippen LogP contribution in [0, 0.1) is 5.92 Å². The minimum Gasteiger partial charge on any atom is -0.363 e. The maximum Gasteiger partial charge on any atom is 0.223 e. The third-order valence-corrected chi connectivity index (χ3v) is 2.90. The highest BCUT2D eigenvalue weighted by Gasteiger charge is 2.11. The van der Waals surface area contributed by atoms with E-state index in [4.69, 9.17) is 0 Å². The standard InChI is InChI=1S/C14H23N3O/c1-5-6-11(2)14(18)16-10-12-7-8-15-13(9-12)17(3)4/h7-9,11H,5-6,10H2,1-4H3,(H,16,18)/t11-/m1/s1. The van der Waals surface area contributed by atoms with Gasteiger partial charge in [0.05, 0.1) is 0 Å². The first kappa shape index (κ1) is 14.5. The number of hydrogen-bond acceptors (Lipinski definition) is 3. The molecule has 1 atom stereocenters. The summed E-state index contributed by atoms with van der Waals surface area (Å²) in [6.07, 6.45) is 3.74. The highest BCUT2D eigenvalue weighted by Crippen LogP contribution is 2.10. The van der Waals surface area contributed by atoms with Crippen LogP contribution in [0.15, 0.2) is 18.3 Å². The van der Waals surface area contributed by atoms with Gasteiger partial charge in [0.15, 0.2) is 0 Å². The number of nitrogens with zero attached hydrogens (tertiary/aromatic N) is 2. The monoisotopic (exact) mass is 249 g/mol. The van der Waals surface area contributed by atoms with Crippen molar-refractivity contribution in [3.63, 3.8) is 0 Å². The highest BCUT2D eigenvalue weighted by atomic mass is 16.1. The van der Waals surface area contributed by atoms with Crippen LogP contribution in [0.5, 0.6) is 0 Å². The number of amides is 1. The molecule has 1 aromatic rings. The Balaban J connectivity index is 2.53. The molecule has 18 heavy (non-hydrogen) atoms. The van der Waals surface area contributed by atoms with Crippen LogP contribution in [0.2, 0.25) is 0 Å². The summed E-state index contributed by atoms with van der Waals surface area (Å²) in [7, 11) is 3.90. The molecule has 100 valence electrons. The summed E-state index contributed by atoms with van der Waals surface area (Å²) in [6, 6.07) is 3.92. The van der Waals surface area contributed by atoms with E-state index in [1.165, 1.54) is 0 Å². The topological polar surface area (TPSA) is 45.2 Å². The molecule has 0 saturated carbocycles. The lowest BCUT2D eigenvalue weighted by atomic mass is 10.1. The second-order valence-electron chi connectivity index (χ2n) is 4.82. The van der Waals surface area contributed by atoms with E-state index in [1.54, 1.807) is 6.20 Å². The molecule has 0 aromatic carbocycles. The van der Waals surface area contributed by atoms with Gasteiger partial charge in [0.25, 0.3) is 0 Å². The Morgan fingerprint density at radius 2 is 2.22 bits per heavy atom. The molecular weight excluding hydrogens is 226 g/mol. The fourth-order valence-electron chi connectivity index (χ4n) is 1.74.